The molecule has 3 rings (SSSR count). The SMILES string of the molecule is C[C@H](OC(=O)C1=NN([C@@H]2CCS(=O)(=O)C2)C(=O)CC1)C(=O)NC1CC1. The van der Waals surface area contributed by atoms with Crippen molar-refractivity contribution >= 4 is 33.3 Å². The van der Waals surface area contributed by atoms with Gasteiger partial charge in [-0.15, -0.1) is 0 Å². The number of carbonyl (C=O) groups excluding carboxylic acids is 3. The molecule has 2 atom stereocenters. The number of nitrogens with one attached hydrogen (secondary N) is 1. The second-order valence-corrected chi connectivity index (χ2v) is 8.90. The van der Waals surface area contributed by atoms with Gasteiger partial charge in [0.1, 0.15) is 5.71 Å². The molecule has 0 radical (unpaired) electrons. The number of esters is 1. The van der Waals surface area contributed by atoms with E-state index in [0.29, 0.717) is 6.42 Å². The van der Waals surface area contributed by atoms with Crippen molar-refractivity contribution in [2.75, 3.05) is 11.5 Å². The molecular formula is C15H21N3O6S. The highest BCUT2D eigenvalue weighted by Gasteiger charge is 2.38. The zero-order valence-electron chi connectivity index (χ0n) is 13.9. The predicted molar refractivity (Wildman–Crippen MR) is 87.3 cm³/mol. The molecule has 0 spiro atoms. The molecule has 2 heterocycles. The average molecular weight is 371 g/mol. The Morgan fingerprint density at radius 2 is 2.00 bits per heavy atom. The van der Waals surface area contributed by atoms with Crippen molar-refractivity contribution in [3.63, 3.8) is 0 Å². The molecule has 0 aromatic carbocycles. The van der Waals surface area contributed by atoms with Crippen LogP contribution in [-0.2, 0) is 29.0 Å². The number of rotatable bonds is 5. The monoisotopic (exact) mass is 371 g/mol. The summed E-state index contributed by atoms with van der Waals surface area (Å²) in [4.78, 5) is 36.1. The van der Waals surface area contributed by atoms with E-state index in [-0.39, 0.29) is 47.9 Å². The molecule has 3 aliphatic rings. The van der Waals surface area contributed by atoms with Crippen LogP contribution in [0.1, 0.15) is 39.0 Å². The van der Waals surface area contributed by atoms with Gasteiger partial charge < -0.3 is 10.1 Å². The van der Waals surface area contributed by atoms with Gasteiger partial charge in [-0.05, 0) is 26.2 Å². The average Bonchev–Trinajstić information content (AvgIpc) is 3.28. The molecule has 0 aromatic rings. The van der Waals surface area contributed by atoms with Gasteiger partial charge in [0, 0.05) is 18.9 Å². The summed E-state index contributed by atoms with van der Waals surface area (Å²) in [5.41, 5.74) is 0.0370. The number of ether oxygens (including phenoxy) is 1. The number of nitrogens with zero attached hydrogens (tertiary/aromatic N) is 2. The highest BCUT2D eigenvalue weighted by atomic mass is 32.2. The van der Waals surface area contributed by atoms with Crippen LogP contribution >= 0.6 is 0 Å². The predicted octanol–water partition coefficient (Wildman–Crippen LogP) is -0.638. The standard InChI is InChI=1S/C15H21N3O6S/c1-9(14(20)16-10-2-3-10)24-15(21)12-4-5-13(19)18(17-12)11-6-7-25(22,23)8-11/h9-11H,2-8H2,1H3,(H,16,20)/t9-,11+/m0/s1. The lowest BCUT2D eigenvalue weighted by Crippen LogP contribution is -2.43. The molecule has 1 N–H and O–H groups in total. The first kappa shape index (κ1) is 17.8. The summed E-state index contributed by atoms with van der Waals surface area (Å²) < 4.78 is 28.3. The quantitative estimate of drug-likeness (QED) is 0.642. The summed E-state index contributed by atoms with van der Waals surface area (Å²) in [6.45, 7) is 1.48. The molecule has 25 heavy (non-hydrogen) atoms. The van der Waals surface area contributed by atoms with E-state index in [0.717, 1.165) is 17.9 Å². The number of hydrogen-bond donors (Lipinski definition) is 1. The summed E-state index contributed by atoms with van der Waals surface area (Å²) in [5.74, 6) is -1.56. The number of sulfone groups is 1. The van der Waals surface area contributed by atoms with Crippen LogP contribution in [0.3, 0.4) is 0 Å². The Labute approximate surface area is 145 Å². The Kier molecular flexibility index (Phi) is 4.81. The second kappa shape index (κ2) is 6.74. The summed E-state index contributed by atoms with van der Waals surface area (Å²) in [6.07, 6.45) is 1.40. The number of hydrazone groups is 1. The minimum Gasteiger partial charge on any atom is -0.448 e. The van der Waals surface area contributed by atoms with Gasteiger partial charge >= 0.3 is 5.97 Å². The van der Waals surface area contributed by atoms with Gasteiger partial charge in [0.05, 0.1) is 17.5 Å². The van der Waals surface area contributed by atoms with E-state index in [1.165, 1.54) is 6.92 Å². The van der Waals surface area contributed by atoms with E-state index < -0.39 is 28.0 Å². The molecule has 10 heteroatoms. The van der Waals surface area contributed by atoms with Crippen LogP contribution in [0.25, 0.3) is 0 Å². The lowest BCUT2D eigenvalue weighted by molar-refractivity contribution is -0.149. The summed E-state index contributed by atoms with van der Waals surface area (Å²) >= 11 is 0. The van der Waals surface area contributed by atoms with Crippen LogP contribution in [-0.4, -0.2) is 66.6 Å². The molecule has 1 saturated carbocycles. The number of amides is 2. The Morgan fingerprint density at radius 3 is 2.60 bits per heavy atom. The van der Waals surface area contributed by atoms with Gasteiger partial charge in [-0.1, -0.05) is 0 Å². The third-order valence-corrected chi connectivity index (χ3v) is 6.18. The van der Waals surface area contributed by atoms with Gasteiger partial charge in [-0.2, -0.15) is 5.10 Å². The maximum absolute atomic E-state index is 12.2. The normalized spacial score (nSPS) is 26.8. The van der Waals surface area contributed by atoms with Gasteiger partial charge in [-0.25, -0.2) is 18.2 Å². The molecule has 138 valence electrons. The van der Waals surface area contributed by atoms with Gasteiger partial charge in [0.15, 0.2) is 15.9 Å². The molecule has 2 aliphatic heterocycles. The fourth-order valence-corrected chi connectivity index (χ4v) is 4.49. The number of hydrogen-bond acceptors (Lipinski definition) is 7. The zero-order valence-corrected chi connectivity index (χ0v) is 14.8. The van der Waals surface area contributed by atoms with E-state index >= 15 is 0 Å². The molecule has 2 amide bonds. The summed E-state index contributed by atoms with van der Waals surface area (Å²) in [7, 11) is -3.17. The molecule has 0 aromatic heterocycles. The Bertz CT molecular complexity index is 728. The van der Waals surface area contributed by atoms with E-state index in [4.69, 9.17) is 4.74 Å². The molecule has 0 bridgehead atoms. The van der Waals surface area contributed by atoms with Crippen LogP contribution in [0.4, 0.5) is 0 Å². The highest BCUT2D eigenvalue weighted by Crippen LogP contribution is 2.22. The first-order valence-electron chi connectivity index (χ1n) is 8.36. The first-order chi connectivity index (χ1) is 11.7. The fourth-order valence-electron chi connectivity index (χ4n) is 2.80. The minimum absolute atomic E-state index is 0.00905. The van der Waals surface area contributed by atoms with E-state index in [9.17, 15) is 22.8 Å². The third-order valence-electron chi connectivity index (χ3n) is 4.43. The Morgan fingerprint density at radius 1 is 1.28 bits per heavy atom. The largest absolute Gasteiger partial charge is 0.448 e. The Hall–Kier alpha value is -1.97. The minimum atomic E-state index is -3.17. The number of carbonyl (C=O) groups is 3. The maximum Gasteiger partial charge on any atom is 0.355 e. The van der Waals surface area contributed by atoms with Crippen molar-refractivity contribution in [1.29, 1.82) is 0 Å². The van der Waals surface area contributed by atoms with Gasteiger partial charge in [0.2, 0.25) is 5.91 Å². The maximum atomic E-state index is 12.2. The van der Waals surface area contributed by atoms with Crippen molar-refractivity contribution in [3.8, 4) is 0 Å². The zero-order chi connectivity index (χ0) is 18.2. The smallest absolute Gasteiger partial charge is 0.355 e. The van der Waals surface area contributed by atoms with Crippen LogP contribution in [0, 0.1) is 0 Å². The van der Waals surface area contributed by atoms with Crippen molar-refractivity contribution in [2.45, 2.75) is 57.2 Å². The summed E-state index contributed by atoms with van der Waals surface area (Å²) in [5, 5.41) is 7.87. The lowest BCUT2D eigenvalue weighted by atomic mass is 10.1. The fraction of sp³-hybridized carbons (Fsp3) is 0.733. The van der Waals surface area contributed by atoms with Crippen LogP contribution < -0.4 is 5.32 Å². The van der Waals surface area contributed by atoms with Crippen molar-refractivity contribution in [2.24, 2.45) is 5.10 Å². The lowest BCUT2D eigenvalue weighted by Gasteiger charge is -2.27. The highest BCUT2D eigenvalue weighted by molar-refractivity contribution is 7.91. The van der Waals surface area contributed by atoms with Crippen LogP contribution in [0.2, 0.25) is 0 Å². The molecular weight excluding hydrogens is 350 g/mol. The topological polar surface area (TPSA) is 122 Å². The Balaban J connectivity index is 1.63. The van der Waals surface area contributed by atoms with E-state index in [1.54, 1.807) is 0 Å². The second-order valence-electron chi connectivity index (χ2n) is 6.67. The molecule has 2 fully saturated rings. The van der Waals surface area contributed by atoms with Crippen molar-refractivity contribution in [3.05, 3.63) is 0 Å². The summed E-state index contributed by atoms with van der Waals surface area (Å²) in [6, 6.07) is -0.380. The molecule has 1 saturated heterocycles. The molecule has 0 unspecified atom stereocenters. The van der Waals surface area contributed by atoms with Crippen molar-refractivity contribution in [1.82, 2.24) is 10.3 Å². The van der Waals surface area contributed by atoms with Crippen LogP contribution in [0.15, 0.2) is 5.10 Å². The van der Waals surface area contributed by atoms with Crippen molar-refractivity contribution < 1.29 is 27.5 Å². The van der Waals surface area contributed by atoms with Gasteiger partial charge in [-0.3, -0.25) is 9.59 Å². The molecule has 9 nitrogen and oxygen atoms in total. The van der Waals surface area contributed by atoms with Gasteiger partial charge in [0.25, 0.3) is 5.91 Å². The van der Waals surface area contributed by atoms with Crippen LogP contribution in [0.5, 0.6) is 0 Å². The van der Waals surface area contributed by atoms with E-state index in [1.807, 2.05) is 0 Å². The third kappa shape index (κ3) is 4.36. The molecule has 1 aliphatic carbocycles. The van der Waals surface area contributed by atoms with E-state index in [2.05, 4.69) is 10.4 Å². The first-order valence-corrected chi connectivity index (χ1v) is 10.2.